The van der Waals surface area contributed by atoms with Gasteiger partial charge in [0.15, 0.2) is 12.4 Å². The van der Waals surface area contributed by atoms with E-state index in [1.165, 1.54) is 29.7 Å². The Labute approximate surface area is 221 Å². The average Bonchev–Trinajstić information content (AvgIpc) is 3.47. The standard InChI is InChI=1S/C30H33BrN2O3/c31-25-9-3-22(4-10-25)20-36-30-19-32-16-15-28(30)23-7-13-27(14-8-23)35-21-29(34)24-5-11-26(12-6-24)33-17-1-2-18-33/h3-14,28,30,32H,1-2,15-21H2/t28-,30+/m1/s1. The minimum atomic E-state index is -0.00758. The third-order valence-electron chi connectivity index (χ3n) is 7.14. The van der Waals surface area contributed by atoms with Gasteiger partial charge in [-0.1, -0.05) is 40.2 Å². The largest absolute Gasteiger partial charge is 0.485 e. The molecule has 0 aromatic heterocycles. The lowest BCUT2D eigenvalue weighted by atomic mass is 9.87. The summed E-state index contributed by atoms with van der Waals surface area (Å²) >= 11 is 3.48. The molecule has 1 N–H and O–H groups in total. The number of benzene rings is 3. The molecule has 5 nitrogen and oxygen atoms in total. The lowest BCUT2D eigenvalue weighted by Crippen LogP contribution is -2.40. The molecule has 0 bridgehead atoms. The van der Waals surface area contributed by atoms with Crippen molar-refractivity contribution in [1.82, 2.24) is 5.32 Å². The summed E-state index contributed by atoms with van der Waals surface area (Å²) in [6.07, 6.45) is 3.62. The third kappa shape index (κ3) is 6.36. The van der Waals surface area contributed by atoms with Crippen molar-refractivity contribution in [1.29, 1.82) is 0 Å². The summed E-state index contributed by atoms with van der Waals surface area (Å²) in [5.41, 5.74) is 4.29. The second-order valence-corrected chi connectivity index (χ2v) is 10.5. The van der Waals surface area contributed by atoms with Gasteiger partial charge in [0.2, 0.25) is 0 Å². The summed E-state index contributed by atoms with van der Waals surface area (Å²) in [4.78, 5) is 15.0. The smallest absolute Gasteiger partial charge is 0.200 e. The Balaban J connectivity index is 1.14. The molecule has 3 aromatic carbocycles. The lowest BCUT2D eigenvalue weighted by Gasteiger charge is -2.32. The van der Waals surface area contributed by atoms with Gasteiger partial charge in [-0.2, -0.15) is 0 Å². The zero-order valence-corrected chi connectivity index (χ0v) is 22.1. The van der Waals surface area contributed by atoms with E-state index in [1.807, 2.05) is 48.5 Å². The van der Waals surface area contributed by atoms with Crippen molar-refractivity contribution >= 4 is 27.4 Å². The Morgan fingerprint density at radius 1 is 0.944 bits per heavy atom. The predicted octanol–water partition coefficient (Wildman–Crippen LogP) is 5.97. The number of nitrogens with one attached hydrogen (secondary N) is 1. The molecule has 36 heavy (non-hydrogen) atoms. The molecule has 0 spiro atoms. The number of Topliss-reactive ketones (excluding diaryl/α,β-unsaturated/α-hetero) is 1. The van der Waals surface area contributed by atoms with Crippen LogP contribution in [0.15, 0.2) is 77.3 Å². The molecule has 0 saturated carbocycles. The van der Waals surface area contributed by atoms with Crippen LogP contribution < -0.4 is 15.0 Å². The van der Waals surface area contributed by atoms with Crippen LogP contribution in [0.3, 0.4) is 0 Å². The van der Waals surface area contributed by atoms with E-state index in [2.05, 4.69) is 50.4 Å². The highest BCUT2D eigenvalue weighted by atomic mass is 79.9. The van der Waals surface area contributed by atoms with Gasteiger partial charge in [-0.3, -0.25) is 4.79 Å². The topological polar surface area (TPSA) is 50.8 Å². The van der Waals surface area contributed by atoms with Crippen molar-refractivity contribution < 1.29 is 14.3 Å². The fourth-order valence-corrected chi connectivity index (χ4v) is 5.31. The molecule has 0 unspecified atom stereocenters. The molecule has 2 aliphatic heterocycles. The van der Waals surface area contributed by atoms with Crippen molar-refractivity contribution in [2.45, 2.75) is 37.9 Å². The van der Waals surface area contributed by atoms with Gasteiger partial charge in [0, 0.05) is 41.3 Å². The minimum Gasteiger partial charge on any atom is -0.485 e. The maximum absolute atomic E-state index is 12.7. The van der Waals surface area contributed by atoms with Gasteiger partial charge < -0.3 is 19.7 Å². The summed E-state index contributed by atoms with van der Waals surface area (Å²) in [7, 11) is 0. The lowest BCUT2D eigenvalue weighted by molar-refractivity contribution is 0.0106. The molecule has 2 aliphatic rings. The zero-order chi connectivity index (χ0) is 24.7. The van der Waals surface area contributed by atoms with E-state index >= 15 is 0 Å². The maximum atomic E-state index is 12.7. The maximum Gasteiger partial charge on any atom is 0.200 e. The van der Waals surface area contributed by atoms with Crippen LogP contribution in [0.5, 0.6) is 5.75 Å². The van der Waals surface area contributed by atoms with Crippen molar-refractivity contribution in [3.05, 3.63) is 94.0 Å². The van der Waals surface area contributed by atoms with Gasteiger partial charge in [0.05, 0.1) is 12.7 Å². The fraction of sp³-hybridized carbons (Fsp3) is 0.367. The molecule has 0 aliphatic carbocycles. The van der Waals surface area contributed by atoms with E-state index in [1.54, 1.807) is 0 Å². The van der Waals surface area contributed by atoms with Crippen molar-refractivity contribution in [2.24, 2.45) is 0 Å². The highest BCUT2D eigenvalue weighted by molar-refractivity contribution is 9.10. The van der Waals surface area contributed by atoms with Crippen LogP contribution in [0.2, 0.25) is 0 Å². The van der Waals surface area contributed by atoms with Crippen molar-refractivity contribution in [3.63, 3.8) is 0 Å². The van der Waals surface area contributed by atoms with Crippen LogP contribution in [-0.4, -0.2) is 44.7 Å². The first-order valence-corrected chi connectivity index (χ1v) is 13.6. The van der Waals surface area contributed by atoms with Crippen LogP contribution in [0.25, 0.3) is 0 Å². The number of halogens is 1. The Hall–Kier alpha value is -2.67. The van der Waals surface area contributed by atoms with E-state index in [4.69, 9.17) is 9.47 Å². The molecule has 2 fully saturated rings. The molecule has 0 amide bonds. The molecule has 5 rings (SSSR count). The first kappa shape index (κ1) is 25.0. The first-order valence-electron chi connectivity index (χ1n) is 12.8. The number of anilines is 1. The molecule has 6 heteroatoms. The minimum absolute atomic E-state index is 0.00758. The van der Waals surface area contributed by atoms with Gasteiger partial charge in [-0.25, -0.2) is 0 Å². The number of carbonyl (C=O) groups is 1. The van der Waals surface area contributed by atoms with Gasteiger partial charge in [0.1, 0.15) is 5.75 Å². The molecular formula is C30H33BrN2O3. The Kier molecular flexibility index (Phi) is 8.36. The number of ketones is 1. The van der Waals surface area contributed by atoms with Crippen molar-refractivity contribution in [3.8, 4) is 5.75 Å². The number of piperidine rings is 1. The van der Waals surface area contributed by atoms with E-state index in [0.717, 1.165) is 37.1 Å². The van der Waals surface area contributed by atoms with E-state index in [9.17, 15) is 4.79 Å². The van der Waals surface area contributed by atoms with Crippen molar-refractivity contribution in [2.75, 3.05) is 37.7 Å². The first-order chi connectivity index (χ1) is 17.7. The van der Waals surface area contributed by atoms with E-state index in [-0.39, 0.29) is 18.5 Å². The quantitative estimate of drug-likeness (QED) is 0.333. The fourth-order valence-electron chi connectivity index (χ4n) is 5.05. The van der Waals surface area contributed by atoms with Gasteiger partial charge in [0.25, 0.3) is 0 Å². The molecule has 0 radical (unpaired) electrons. The monoisotopic (exact) mass is 548 g/mol. The highest BCUT2D eigenvalue weighted by Crippen LogP contribution is 2.30. The molecule has 188 valence electrons. The Bertz CT molecular complexity index is 1130. The number of carbonyl (C=O) groups excluding carboxylic acids is 1. The predicted molar refractivity (Wildman–Crippen MR) is 147 cm³/mol. The SMILES string of the molecule is O=C(COc1ccc([C@H]2CCNC[C@@H]2OCc2ccc(Br)cc2)cc1)c1ccc(N2CCCC2)cc1. The molecule has 3 aromatic rings. The van der Waals surface area contributed by atoms with E-state index < -0.39 is 0 Å². The van der Waals surface area contributed by atoms with Crippen LogP contribution in [-0.2, 0) is 11.3 Å². The van der Waals surface area contributed by atoms with Gasteiger partial charge in [-0.05, 0) is 85.5 Å². The number of hydrogen-bond acceptors (Lipinski definition) is 5. The summed E-state index contributed by atoms with van der Waals surface area (Å²) < 4.78 is 13.2. The van der Waals surface area contributed by atoms with Crippen LogP contribution >= 0.6 is 15.9 Å². The number of rotatable bonds is 9. The average molecular weight is 550 g/mol. The van der Waals surface area contributed by atoms with E-state index in [0.29, 0.717) is 23.8 Å². The molecule has 2 atom stereocenters. The second kappa shape index (κ2) is 12.0. The Morgan fingerprint density at radius 3 is 2.39 bits per heavy atom. The highest BCUT2D eigenvalue weighted by Gasteiger charge is 2.27. The summed E-state index contributed by atoms with van der Waals surface area (Å²) in [6.45, 7) is 4.65. The number of ether oxygens (including phenoxy) is 2. The molecular weight excluding hydrogens is 516 g/mol. The third-order valence-corrected chi connectivity index (χ3v) is 7.67. The summed E-state index contributed by atoms with van der Waals surface area (Å²) in [6, 6.07) is 24.3. The summed E-state index contributed by atoms with van der Waals surface area (Å²) in [5, 5.41) is 3.46. The Morgan fingerprint density at radius 2 is 1.67 bits per heavy atom. The summed E-state index contributed by atoms with van der Waals surface area (Å²) in [5.74, 6) is 1.03. The van der Waals surface area contributed by atoms with Crippen LogP contribution in [0.1, 0.15) is 46.7 Å². The van der Waals surface area contributed by atoms with Crippen LogP contribution in [0, 0.1) is 0 Å². The number of hydrogen-bond donors (Lipinski definition) is 1. The zero-order valence-electron chi connectivity index (χ0n) is 20.5. The van der Waals surface area contributed by atoms with Gasteiger partial charge in [-0.15, -0.1) is 0 Å². The molecule has 2 saturated heterocycles. The second-order valence-electron chi connectivity index (χ2n) is 9.60. The van der Waals surface area contributed by atoms with Gasteiger partial charge >= 0.3 is 0 Å². The normalized spacial score (nSPS) is 19.9. The number of nitrogens with zero attached hydrogens (tertiary/aromatic N) is 1. The molecule has 2 heterocycles. The van der Waals surface area contributed by atoms with Crippen LogP contribution in [0.4, 0.5) is 5.69 Å².